The van der Waals surface area contributed by atoms with Crippen LogP contribution in [0.1, 0.15) is 51.9 Å². The van der Waals surface area contributed by atoms with Crippen molar-refractivity contribution in [3.8, 4) is 0 Å². The third-order valence-corrected chi connectivity index (χ3v) is 4.83. The minimum Gasteiger partial charge on any atom is -0.247 e. The average molecular weight is 233 g/mol. The van der Waals surface area contributed by atoms with E-state index in [1.165, 1.54) is 6.42 Å². The van der Waals surface area contributed by atoms with Gasteiger partial charge in [-0.05, 0) is 56.3 Å². The maximum Gasteiger partial charge on any atom is 0.103 e. The molecule has 0 aliphatic heterocycles. The minimum absolute atomic E-state index is 0.352. The summed E-state index contributed by atoms with van der Waals surface area (Å²) in [5.41, 5.74) is 0. The van der Waals surface area contributed by atoms with Crippen molar-refractivity contribution in [3.63, 3.8) is 0 Å². The van der Waals surface area contributed by atoms with Gasteiger partial charge in [-0.1, -0.05) is 13.3 Å². The highest BCUT2D eigenvalue weighted by atomic mass is 35.5. The monoisotopic (exact) mass is 232 g/mol. The smallest absolute Gasteiger partial charge is 0.103 e. The van der Waals surface area contributed by atoms with E-state index in [2.05, 4.69) is 6.92 Å². The molecule has 0 nitrogen and oxygen atoms in total. The molecule has 2 fully saturated rings. The largest absolute Gasteiger partial charge is 0.247 e. The molecular weight excluding hydrogens is 211 g/mol. The first kappa shape index (κ1) is 11.7. The van der Waals surface area contributed by atoms with Crippen molar-refractivity contribution in [2.45, 2.75) is 63.4 Å². The lowest BCUT2D eigenvalue weighted by Gasteiger charge is -2.38. The Labute approximate surface area is 97.6 Å². The Morgan fingerprint density at radius 1 is 1.00 bits per heavy atom. The van der Waals surface area contributed by atoms with Crippen LogP contribution in [0.3, 0.4) is 0 Å². The van der Waals surface area contributed by atoms with E-state index in [4.69, 9.17) is 11.6 Å². The molecule has 3 atom stereocenters. The van der Waals surface area contributed by atoms with Crippen LogP contribution in [-0.4, -0.2) is 11.5 Å². The van der Waals surface area contributed by atoms with Gasteiger partial charge < -0.3 is 0 Å². The van der Waals surface area contributed by atoms with Crippen LogP contribution in [0.5, 0.6) is 0 Å². The van der Waals surface area contributed by atoms with Crippen LogP contribution in [0.2, 0.25) is 0 Å². The van der Waals surface area contributed by atoms with Gasteiger partial charge >= 0.3 is 0 Å². The predicted octanol–water partition coefficient (Wildman–Crippen LogP) is 4.56. The first-order valence-electron chi connectivity index (χ1n) is 6.45. The Morgan fingerprint density at radius 2 is 1.67 bits per heavy atom. The second kappa shape index (κ2) is 5.03. The van der Waals surface area contributed by atoms with Gasteiger partial charge in [-0.3, -0.25) is 0 Å². The maximum absolute atomic E-state index is 13.9. The molecule has 3 unspecified atom stereocenters. The summed E-state index contributed by atoms with van der Waals surface area (Å²) in [5, 5.41) is 0.363. The van der Waals surface area contributed by atoms with Crippen molar-refractivity contribution in [1.29, 1.82) is 0 Å². The second-order valence-electron chi connectivity index (χ2n) is 5.61. The summed E-state index contributed by atoms with van der Waals surface area (Å²) in [6.07, 6.45) is 7.12. The summed E-state index contributed by atoms with van der Waals surface area (Å²) in [5.74, 6) is 1.58. The van der Waals surface area contributed by atoms with Crippen molar-refractivity contribution in [3.05, 3.63) is 0 Å². The van der Waals surface area contributed by atoms with E-state index in [9.17, 15) is 4.39 Å². The molecule has 0 spiro atoms. The van der Waals surface area contributed by atoms with E-state index in [-0.39, 0.29) is 0 Å². The van der Waals surface area contributed by atoms with Crippen LogP contribution < -0.4 is 0 Å². The fourth-order valence-electron chi connectivity index (χ4n) is 3.37. The number of alkyl halides is 2. The number of halogens is 2. The second-order valence-corrected chi connectivity index (χ2v) is 6.23. The summed E-state index contributed by atoms with van der Waals surface area (Å²) >= 11 is 6.09. The van der Waals surface area contributed by atoms with E-state index in [1.54, 1.807) is 0 Å². The molecule has 0 saturated heterocycles. The zero-order chi connectivity index (χ0) is 10.8. The topological polar surface area (TPSA) is 0 Å². The summed E-state index contributed by atoms with van der Waals surface area (Å²) in [4.78, 5) is 0. The zero-order valence-electron chi connectivity index (χ0n) is 9.59. The molecule has 0 bridgehead atoms. The normalized spacial score (nSPS) is 47.8. The van der Waals surface area contributed by atoms with Crippen molar-refractivity contribution < 1.29 is 4.39 Å². The number of rotatable bonds is 1. The van der Waals surface area contributed by atoms with Crippen LogP contribution in [0.25, 0.3) is 0 Å². The van der Waals surface area contributed by atoms with E-state index in [0.29, 0.717) is 23.1 Å². The van der Waals surface area contributed by atoms with Gasteiger partial charge in [0.2, 0.25) is 0 Å². The van der Waals surface area contributed by atoms with Crippen LogP contribution >= 0.6 is 11.6 Å². The third-order valence-electron chi connectivity index (χ3n) is 4.39. The van der Waals surface area contributed by atoms with Gasteiger partial charge in [0.15, 0.2) is 0 Å². The quantitative estimate of drug-likeness (QED) is 0.582. The van der Waals surface area contributed by atoms with Gasteiger partial charge in [0.1, 0.15) is 6.17 Å². The molecule has 2 aliphatic rings. The molecule has 2 saturated carbocycles. The zero-order valence-corrected chi connectivity index (χ0v) is 10.3. The van der Waals surface area contributed by atoms with Crippen molar-refractivity contribution in [2.24, 2.45) is 17.8 Å². The molecule has 0 aromatic carbocycles. The lowest BCUT2D eigenvalue weighted by molar-refractivity contribution is 0.0716. The third kappa shape index (κ3) is 2.87. The predicted molar refractivity (Wildman–Crippen MR) is 63.0 cm³/mol. The van der Waals surface area contributed by atoms with Gasteiger partial charge in [0, 0.05) is 5.38 Å². The summed E-state index contributed by atoms with van der Waals surface area (Å²) in [6.45, 7) is 2.18. The van der Waals surface area contributed by atoms with Crippen LogP contribution in [-0.2, 0) is 0 Å². The van der Waals surface area contributed by atoms with Crippen molar-refractivity contribution in [1.82, 2.24) is 0 Å². The number of hydrogen-bond donors (Lipinski definition) is 0. The fraction of sp³-hybridized carbons (Fsp3) is 1.00. The Hall–Kier alpha value is 0.220. The maximum atomic E-state index is 13.9. The molecule has 2 aliphatic carbocycles. The molecule has 0 aromatic heterocycles. The van der Waals surface area contributed by atoms with Crippen LogP contribution in [0, 0.1) is 17.8 Å². The first-order chi connectivity index (χ1) is 7.16. The Bertz CT molecular complexity index is 199. The van der Waals surface area contributed by atoms with Crippen LogP contribution in [0.15, 0.2) is 0 Å². The van der Waals surface area contributed by atoms with Crippen molar-refractivity contribution in [2.75, 3.05) is 0 Å². The van der Waals surface area contributed by atoms with Gasteiger partial charge in [-0.15, -0.1) is 11.6 Å². The molecule has 0 aromatic rings. The summed E-state index contributed by atoms with van der Waals surface area (Å²) in [6, 6.07) is 0. The molecular formula is C13H22ClF. The molecule has 88 valence electrons. The van der Waals surface area contributed by atoms with E-state index in [1.807, 2.05) is 0 Å². The average Bonchev–Trinajstić information content (AvgIpc) is 2.20. The van der Waals surface area contributed by atoms with Gasteiger partial charge in [0.05, 0.1) is 0 Å². The van der Waals surface area contributed by atoms with Crippen molar-refractivity contribution >= 4 is 11.6 Å². The van der Waals surface area contributed by atoms with Gasteiger partial charge in [-0.25, -0.2) is 4.39 Å². The molecule has 15 heavy (non-hydrogen) atoms. The van der Waals surface area contributed by atoms with Crippen LogP contribution in [0.4, 0.5) is 4.39 Å². The van der Waals surface area contributed by atoms with E-state index in [0.717, 1.165) is 38.5 Å². The highest BCUT2D eigenvalue weighted by molar-refractivity contribution is 6.20. The molecule has 0 amide bonds. The SMILES string of the molecule is CC1CCC(C2CCC(Cl)CC2)C(F)C1. The van der Waals surface area contributed by atoms with Gasteiger partial charge in [0.25, 0.3) is 0 Å². The standard InChI is InChI=1S/C13H22ClF/c1-9-2-7-12(13(15)8-9)10-3-5-11(14)6-4-10/h9-13H,2-8H2,1H3. The molecule has 0 radical (unpaired) electrons. The highest BCUT2D eigenvalue weighted by Gasteiger charge is 2.35. The Balaban J connectivity index is 1.87. The summed E-state index contributed by atoms with van der Waals surface area (Å²) in [7, 11) is 0. The van der Waals surface area contributed by atoms with E-state index >= 15 is 0 Å². The Morgan fingerprint density at radius 3 is 2.27 bits per heavy atom. The minimum atomic E-state index is -0.536. The molecule has 2 heteroatoms. The molecule has 0 heterocycles. The lowest BCUT2D eigenvalue weighted by Crippen LogP contribution is -2.33. The highest BCUT2D eigenvalue weighted by Crippen LogP contribution is 2.42. The first-order valence-corrected chi connectivity index (χ1v) is 6.88. The number of hydrogen-bond acceptors (Lipinski definition) is 0. The van der Waals surface area contributed by atoms with Gasteiger partial charge in [-0.2, -0.15) is 0 Å². The summed E-state index contributed by atoms with van der Waals surface area (Å²) < 4.78 is 13.9. The Kier molecular flexibility index (Phi) is 3.93. The lowest BCUT2D eigenvalue weighted by atomic mass is 9.70. The van der Waals surface area contributed by atoms with E-state index < -0.39 is 6.17 Å². The molecule has 0 N–H and O–H groups in total. The molecule has 2 rings (SSSR count). The fourth-order valence-corrected chi connectivity index (χ4v) is 3.62.